The molecule has 1 rings (SSSR count). The minimum Gasteiger partial charge on any atom is -0.598 e. The molecule has 1 aromatic rings. The Bertz CT molecular complexity index is 414. The molecule has 0 saturated heterocycles. The van der Waals surface area contributed by atoms with Gasteiger partial charge in [0.2, 0.25) is 0 Å². The van der Waals surface area contributed by atoms with Gasteiger partial charge in [0.05, 0.1) is 6.04 Å². The monoisotopic (exact) mass is 294 g/mol. The molecule has 0 bridgehead atoms. The van der Waals surface area contributed by atoms with Crippen molar-refractivity contribution in [2.24, 2.45) is 0 Å². The molecule has 1 aromatic heterocycles. The third-order valence-corrected chi connectivity index (χ3v) is 4.10. The maximum atomic E-state index is 12.4. The van der Waals surface area contributed by atoms with Crippen molar-refractivity contribution in [2.75, 3.05) is 0 Å². The minimum atomic E-state index is -4.44. The van der Waals surface area contributed by atoms with Crippen LogP contribution in [0.4, 0.5) is 13.2 Å². The first-order chi connectivity index (χ1) is 8.51. The van der Waals surface area contributed by atoms with Crippen LogP contribution in [0.15, 0.2) is 18.3 Å². The van der Waals surface area contributed by atoms with Crippen LogP contribution < -0.4 is 4.72 Å². The standard InChI is InChI=1S/C12H17F3N2OS/c1-8(17-19(18)11(2,3)4)9-5-6-10(16-7-9)12(13,14)15/h5-8,17H,1-4H3/t8?,19-/m0/s1. The van der Waals surface area contributed by atoms with Crippen LogP contribution in [0.5, 0.6) is 0 Å². The number of alkyl halides is 3. The first-order valence-electron chi connectivity index (χ1n) is 5.73. The zero-order valence-electron chi connectivity index (χ0n) is 11.2. The SMILES string of the molecule is CC(N[S@@+]([O-])C(C)(C)C)c1ccc(C(F)(F)F)nc1. The lowest BCUT2D eigenvalue weighted by Crippen LogP contribution is -2.40. The zero-order chi connectivity index (χ0) is 14.8. The van der Waals surface area contributed by atoms with Crippen LogP contribution in [-0.2, 0) is 17.5 Å². The second kappa shape index (κ2) is 5.68. The zero-order valence-corrected chi connectivity index (χ0v) is 12.0. The molecule has 3 nitrogen and oxygen atoms in total. The van der Waals surface area contributed by atoms with Gasteiger partial charge in [-0.2, -0.15) is 13.2 Å². The van der Waals surface area contributed by atoms with Gasteiger partial charge in [-0.3, -0.25) is 4.98 Å². The third-order valence-electron chi connectivity index (χ3n) is 2.42. The molecule has 0 aliphatic rings. The van der Waals surface area contributed by atoms with Gasteiger partial charge in [-0.15, -0.1) is 4.72 Å². The second-order valence-corrected chi connectivity index (χ2v) is 7.19. The van der Waals surface area contributed by atoms with Crippen molar-refractivity contribution >= 4 is 11.4 Å². The smallest absolute Gasteiger partial charge is 0.433 e. The van der Waals surface area contributed by atoms with Gasteiger partial charge in [-0.1, -0.05) is 6.07 Å². The highest BCUT2D eigenvalue weighted by molar-refractivity contribution is 7.90. The Morgan fingerprint density at radius 3 is 2.21 bits per heavy atom. The van der Waals surface area contributed by atoms with E-state index in [2.05, 4.69) is 9.71 Å². The molecule has 0 amide bonds. The van der Waals surface area contributed by atoms with Crippen LogP contribution >= 0.6 is 0 Å². The molecule has 0 radical (unpaired) electrons. The molecule has 2 atom stereocenters. The largest absolute Gasteiger partial charge is 0.598 e. The molecular weight excluding hydrogens is 277 g/mol. The topological polar surface area (TPSA) is 48.0 Å². The molecule has 1 heterocycles. The maximum Gasteiger partial charge on any atom is 0.433 e. The summed E-state index contributed by atoms with van der Waals surface area (Å²) in [6, 6.07) is 1.93. The normalized spacial score (nSPS) is 16.2. The van der Waals surface area contributed by atoms with Crippen LogP contribution in [0.1, 0.15) is 45.0 Å². The molecule has 0 fully saturated rings. The quantitative estimate of drug-likeness (QED) is 0.871. The first kappa shape index (κ1) is 16.3. The number of pyridine rings is 1. The van der Waals surface area contributed by atoms with Crippen molar-refractivity contribution in [1.29, 1.82) is 0 Å². The lowest BCUT2D eigenvalue weighted by Gasteiger charge is -2.26. The van der Waals surface area contributed by atoms with Gasteiger partial charge in [0.15, 0.2) is 0 Å². The molecule has 1 N–H and O–H groups in total. The lowest BCUT2D eigenvalue weighted by molar-refractivity contribution is -0.141. The highest BCUT2D eigenvalue weighted by atomic mass is 32.2. The molecule has 0 aliphatic carbocycles. The van der Waals surface area contributed by atoms with E-state index < -0.39 is 28.0 Å². The van der Waals surface area contributed by atoms with Crippen LogP contribution in [0.3, 0.4) is 0 Å². The van der Waals surface area contributed by atoms with E-state index in [0.29, 0.717) is 5.56 Å². The summed E-state index contributed by atoms with van der Waals surface area (Å²) in [5, 5.41) is 0. The van der Waals surface area contributed by atoms with Crippen molar-refractivity contribution < 1.29 is 17.7 Å². The molecule has 0 aliphatic heterocycles. The molecule has 1 unspecified atom stereocenters. The lowest BCUT2D eigenvalue weighted by atomic mass is 10.1. The molecule has 0 spiro atoms. The predicted octanol–water partition coefficient (Wildman–Crippen LogP) is 3.21. The Morgan fingerprint density at radius 2 is 1.84 bits per heavy atom. The van der Waals surface area contributed by atoms with Gasteiger partial charge in [0.1, 0.15) is 10.4 Å². The summed E-state index contributed by atoms with van der Waals surface area (Å²) in [4.78, 5) is 3.38. The number of rotatable bonds is 3. The Morgan fingerprint density at radius 1 is 1.26 bits per heavy atom. The average molecular weight is 294 g/mol. The van der Waals surface area contributed by atoms with E-state index in [-0.39, 0.29) is 6.04 Å². The summed E-state index contributed by atoms with van der Waals surface area (Å²) in [7, 11) is 0. The highest BCUT2D eigenvalue weighted by Gasteiger charge is 2.33. The average Bonchev–Trinajstić information content (AvgIpc) is 2.26. The second-order valence-electron chi connectivity index (χ2n) is 5.20. The summed E-state index contributed by atoms with van der Waals surface area (Å²) >= 11 is -1.29. The van der Waals surface area contributed by atoms with Crippen molar-refractivity contribution in [3.63, 3.8) is 0 Å². The fourth-order valence-corrected chi connectivity index (χ4v) is 2.05. The summed E-state index contributed by atoms with van der Waals surface area (Å²) < 4.78 is 51.4. The number of halogens is 3. The molecule has 19 heavy (non-hydrogen) atoms. The van der Waals surface area contributed by atoms with Gasteiger partial charge in [0, 0.05) is 17.6 Å². The van der Waals surface area contributed by atoms with Crippen molar-refractivity contribution in [3.05, 3.63) is 29.6 Å². The van der Waals surface area contributed by atoms with E-state index in [1.807, 2.05) is 20.8 Å². The summed E-state index contributed by atoms with van der Waals surface area (Å²) in [6.07, 6.45) is -3.29. The summed E-state index contributed by atoms with van der Waals surface area (Å²) in [5.41, 5.74) is -0.369. The van der Waals surface area contributed by atoms with Gasteiger partial charge in [-0.05, 0) is 39.3 Å². The van der Waals surface area contributed by atoms with E-state index in [1.54, 1.807) is 6.92 Å². The van der Waals surface area contributed by atoms with Gasteiger partial charge in [0.25, 0.3) is 0 Å². The van der Waals surface area contributed by atoms with E-state index in [9.17, 15) is 17.7 Å². The van der Waals surface area contributed by atoms with Gasteiger partial charge >= 0.3 is 6.18 Å². The summed E-state index contributed by atoms with van der Waals surface area (Å²) in [5.74, 6) is 0. The van der Waals surface area contributed by atoms with Gasteiger partial charge in [-0.25, -0.2) is 0 Å². The van der Waals surface area contributed by atoms with E-state index >= 15 is 0 Å². The number of aromatic nitrogens is 1. The Balaban J connectivity index is 2.76. The molecule has 0 saturated carbocycles. The van der Waals surface area contributed by atoms with Crippen molar-refractivity contribution in [1.82, 2.24) is 9.71 Å². The fourth-order valence-electron chi connectivity index (χ4n) is 1.23. The highest BCUT2D eigenvalue weighted by Crippen LogP contribution is 2.28. The third kappa shape index (κ3) is 4.67. The van der Waals surface area contributed by atoms with Gasteiger partial charge < -0.3 is 4.55 Å². The first-order valence-corrected chi connectivity index (χ1v) is 6.88. The minimum absolute atomic E-state index is 0.338. The van der Waals surface area contributed by atoms with Crippen LogP contribution in [0, 0.1) is 0 Å². The van der Waals surface area contributed by atoms with Crippen molar-refractivity contribution in [2.45, 2.75) is 44.7 Å². The number of nitrogens with zero attached hydrogens (tertiary/aromatic N) is 1. The van der Waals surface area contributed by atoms with Crippen molar-refractivity contribution in [3.8, 4) is 0 Å². The van der Waals surface area contributed by atoms with Crippen LogP contribution in [0.2, 0.25) is 0 Å². The molecule has 108 valence electrons. The van der Waals surface area contributed by atoms with E-state index in [4.69, 9.17) is 0 Å². The number of nitrogens with one attached hydrogen (secondary N) is 1. The van der Waals surface area contributed by atoms with Crippen LogP contribution in [0.25, 0.3) is 0 Å². The Labute approximate surface area is 113 Å². The van der Waals surface area contributed by atoms with E-state index in [1.165, 1.54) is 6.07 Å². The maximum absolute atomic E-state index is 12.4. The Hall–Kier alpha value is -0.790. The predicted molar refractivity (Wildman–Crippen MR) is 68.7 cm³/mol. The number of hydrogen-bond acceptors (Lipinski definition) is 3. The fraction of sp³-hybridized carbons (Fsp3) is 0.583. The molecule has 7 heteroatoms. The number of hydrogen-bond donors (Lipinski definition) is 1. The summed E-state index contributed by atoms with van der Waals surface area (Å²) in [6.45, 7) is 7.17. The molecule has 0 aromatic carbocycles. The van der Waals surface area contributed by atoms with Crippen LogP contribution in [-0.4, -0.2) is 14.3 Å². The Kier molecular flexibility index (Phi) is 4.86. The van der Waals surface area contributed by atoms with E-state index in [0.717, 1.165) is 12.3 Å². The molecular formula is C12H17F3N2OS.